The molecule has 0 saturated carbocycles. The maximum atomic E-state index is 5.13. The van der Waals surface area contributed by atoms with E-state index in [1.54, 1.807) is 6.26 Å². The van der Waals surface area contributed by atoms with Gasteiger partial charge in [0.1, 0.15) is 0 Å². The number of hydrogen-bond acceptors (Lipinski definition) is 2. The van der Waals surface area contributed by atoms with Crippen LogP contribution in [0, 0.1) is 0 Å². The maximum absolute atomic E-state index is 5.13. The molecule has 2 rings (SSSR count). The van der Waals surface area contributed by atoms with E-state index in [0.717, 1.165) is 0 Å². The molecule has 1 aliphatic heterocycles. The fraction of sp³-hybridized carbons (Fsp3) is 0.636. The minimum absolute atomic E-state index is 0.624. The van der Waals surface area contributed by atoms with E-state index in [-0.39, 0.29) is 0 Å². The standard InChI is InChI=1S/C11H17NO/c1-2-6-12-7-3-4-11(12)10-5-8-13-9-10/h5,8-9,11H,2-4,6-7H2,1H3/t11-/m1/s1. The van der Waals surface area contributed by atoms with Gasteiger partial charge < -0.3 is 4.42 Å². The van der Waals surface area contributed by atoms with Crippen LogP contribution in [0.2, 0.25) is 0 Å². The van der Waals surface area contributed by atoms with Crippen LogP contribution in [0.15, 0.2) is 23.0 Å². The first-order chi connectivity index (χ1) is 6.42. The maximum Gasteiger partial charge on any atom is 0.0950 e. The zero-order valence-electron chi connectivity index (χ0n) is 8.20. The molecule has 72 valence electrons. The second kappa shape index (κ2) is 3.97. The summed E-state index contributed by atoms with van der Waals surface area (Å²) in [5, 5.41) is 0. The lowest BCUT2D eigenvalue weighted by Gasteiger charge is -2.22. The van der Waals surface area contributed by atoms with Gasteiger partial charge in [0.25, 0.3) is 0 Å². The first-order valence-corrected chi connectivity index (χ1v) is 5.18. The van der Waals surface area contributed by atoms with E-state index >= 15 is 0 Å². The summed E-state index contributed by atoms with van der Waals surface area (Å²) in [6, 6.07) is 2.72. The van der Waals surface area contributed by atoms with Crippen LogP contribution < -0.4 is 0 Å². The Morgan fingerprint density at radius 2 is 2.54 bits per heavy atom. The topological polar surface area (TPSA) is 16.4 Å². The molecule has 1 saturated heterocycles. The van der Waals surface area contributed by atoms with Crippen molar-refractivity contribution in [2.24, 2.45) is 0 Å². The molecule has 2 heterocycles. The van der Waals surface area contributed by atoms with Crippen molar-refractivity contribution in [1.29, 1.82) is 0 Å². The van der Waals surface area contributed by atoms with Crippen LogP contribution >= 0.6 is 0 Å². The van der Waals surface area contributed by atoms with Gasteiger partial charge in [-0.3, -0.25) is 4.90 Å². The number of rotatable bonds is 3. The fourth-order valence-electron chi connectivity index (χ4n) is 2.22. The highest BCUT2D eigenvalue weighted by Crippen LogP contribution is 2.31. The molecule has 0 bridgehead atoms. The van der Waals surface area contributed by atoms with Gasteiger partial charge in [-0.05, 0) is 38.4 Å². The Labute approximate surface area is 79.5 Å². The smallest absolute Gasteiger partial charge is 0.0950 e. The van der Waals surface area contributed by atoms with Crippen molar-refractivity contribution in [2.75, 3.05) is 13.1 Å². The molecule has 0 unspecified atom stereocenters. The Kier molecular flexibility index (Phi) is 2.69. The Hall–Kier alpha value is -0.760. The molecule has 0 amide bonds. The Morgan fingerprint density at radius 1 is 1.62 bits per heavy atom. The van der Waals surface area contributed by atoms with E-state index in [1.807, 2.05) is 6.26 Å². The Morgan fingerprint density at radius 3 is 3.23 bits per heavy atom. The minimum atomic E-state index is 0.624. The van der Waals surface area contributed by atoms with E-state index in [9.17, 15) is 0 Å². The third kappa shape index (κ3) is 1.78. The highest BCUT2D eigenvalue weighted by molar-refractivity contribution is 5.13. The van der Waals surface area contributed by atoms with Crippen molar-refractivity contribution < 1.29 is 4.42 Å². The number of likely N-dealkylation sites (tertiary alicyclic amines) is 1. The molecule has 0 spiro atoms. The molecule has 0 N–H and O–H groups in total. The molecular weight excluding hydrogens is 162 g/mol. The summed E-state index contributed by atoms with van der Waals surface area (Å²) in [7, 11) is 0. The van der Waals surface area contributed by atoms with Crippen molar-refractivity contribution in [3.63, 3.8) is 0 Å². The zero-order chi connectivity index (χ0) is 9.10. The predicted octanol–water partition coefficient (Wildman–Crippen LogP) is 2.83. The molecule has 13 heavy (non-hydrogen) atoms. The molecule has 1 aromatic rings. The highest BCUT2D eigenvalue weighted by atomic mass is 16.3. The van der Waals surface area contributed by atoms with Gasteiger partial charge >= 0.3 is 0 Å². The van der Waals surface area contributed by atoms with Crippen molar-refractivity contribution in [3.8, 4) is 0 Å². The summed E-state index contributed by atoms with van der Waals surface area (Å²) in [6.07, 6.45) is 7.53. The quantitative estimate of drug-likeness (QED) is 0.709. The average molecular weight is 179 g/mol. The molecular formula is C11H17NO. The van der Waals surface area contributed by atoms with Gasteiger partial charge in [0.05, 0.1) is 12.5 Å². The van der Waals surface area contributed by atoms with Crippen molar-refractivity contribution in [1.82, 2.24) is 4.90 Å². The lowest BCUT2D eigenvalue weighted by atomic mass is 10.1. The van der Waals surface area contributed by atoms with Crippen LogP contribution in [0.4, 0.5) is 0 Å². The molecule has 2 heteroatoms. The average Bonchev–Trinajstić information content (AvgIpc) is 2.71. The van der Waals surface area contributed by atoms with Crippen molar-refractivity contribution in [2.45, 2.75) is 32.2 Å². The summed E-state index contributed by atoms with van der Waals surface area (Å²) in [5.74, 6) is 0. The third-order valence-electron chi connectivity index (χ3n) is 2.80. The lowest BCUT2D eigenvalue weighted by molar-refractivity contribution is 0.257. The fourth-order valence-corrected chi connectivity index (χ4v) is 2.22. The second-order valence-corrected chi connectivity index (χ2v) is 3.75. The lowest BCUT2D eigenvalue weighted by Crippen LogP contribution is -2.23. The summed E-state index contributed by atoms with van der Waals surface area (Å²) in [6.45, 7) is 4.71. The SMILES string of the molecule is CCCN1CCC[C@@H]1c1ccoc1. The minimum Gasteiger partial charge on any atom is -0.472 e. The van der Waals surface area contributed by atoms with Gasteiger partial charge in [0.15, 0.2) is 0 Å². The normalized spacial score (nSPS) is 23.9. The number of nitrogens with zero attached hydrogens (tertiary/aromatic N) is 1. The van der Waals surface area contributed by atoms with Gasteiger partial charge in [0, 0.05) is 11.6 Å². The van der Waals surface area contributed by atoms with E-state index < -0.39 is 0 Å². The predicted molar refractivity (Wildman–Crippen MR) is 52.5 cm³/mol. The molecule has 0 aromatic carbocycles. The summed E-state index contributed by atoms with van der Waals surface area (Å²) < 4.78 is 5.13. The van der Waals surface area contributed by atoms with Crippen molar-refractivity contribution >= 4 is 0 Å². The molecule has 1 fully saturated rings. The van der Waals surface area contributed by atoms with Crippen LogP contribution in [-0.4, -0.2) is 18.0 Å². The Bertz CT molecular complexity index is 243. The highest BCUT2D eigenvalue weighted by Gasteiger charge is 2.25. The largest absolute Gasteiger partial charge is 0.472 e. The summed E-state index contributed by atoms with van der Waals surface area (Å²) in [5.41, 5.74) is 1.35. The summed E-state index contributed by atoms with van der Waals surface area (Å²) in [4.78, 5) is 2.56. The van der Waals surface area contributed by atoms with Crippen LogP contribution in [0.5, 0.6) is 0 Å². The number of furan rings is 1. The summed E-state index contributed by atoms with van der Waals surface area (Å²) >= 11 is 0. The molecule has 2 nitrogen and oxygen atoms in total. The first-order valence-electron chi connectivity index (χ1n) is 5.18. The van der Waals surface area contributed by atoms with Crippen molar-refractivity contribution in [3.05, 3.63) is 24.2 Å². The van der Waals surface area contributed by atoms with E-state index in [0.29, 0.717) is 6.04 Å². The third-order valence-corrected chi connectivity index (χ3v) is 2.80. The second-order valence-electron chi connectivity index (χ2n) is 3.75. The number of hydrogen-bond donors (Lipinski definition) is 0. The van der Waals surface area contributed by atoms with E-state index in [1.165, 1.54) is 37.9 Å². The molecule has 0 radical (unpaired) electrons. The van der Waals surface area contributed by atoms with Crippen LogP contribution in [0.1, 0.15) is 37.8 Å². The Balaban J connectivity index is 2.05. The monoisotopic (exact) mass is 179 g/mol. The van der Waals surface area contributed by atoms with Crippen LogP contribution in [0.25, 0.3) is 0 Å². The molecule has 1 aromatic heterocycles. The molecule has 0 aliphatic carbocycles. The molecule has 1 atom stereocenters. The van der Waals surface area contributed by atoms with Crippen LogP contribution in [0.3, 0.4) is 0 Å². The molecule has 1 aliphatic rings. The van der Waals surface area contributed by atoms with Gasteiger partial charge in [0.2, 0.25) is 0 Å². The van der Waals surface area contributed by atoms with E-state index in [4.69, 9.17) is 4.42 Å². The van der Waals surface area contributed by atoms with Gasteiger partial charge in [-0.1, -0.05) is 6.92 Å². The zero-order valence-corrected chi connectivity index (χ0v) is 8.20. The van der Waals surface area contributed by atoms with E-state index in [2.05, 4.69) is 17.9 Å². The van der Waals surface area contributed by atoms with Crippen LogP contribution in [-0.2, 0) is 0 Å². The van der Waals surface area contributed by atoms with Gasteiger partial charge in [-0.15, -0.1) is 0 Å². The van der Waals surface area contributed by atoms with Gasteiger partial charge in [-0.25, -0.2) is 0 Å². The van der Waals surface area contributed by atoms with Gasteiger partial charge in [-0.2, -0.15) is 0 Å². The first kappa shape index (κ1) is 8.82.